The molecule has 1 amide bonds. The van der Waals surface area contributed by atoms with Gasteiger partial charge in [-0.2, -0.15) is 0 Å². The first-order chi connectivity index (χ1) is 12.0. The Kier molecular flexibility index (Phi) is 7.50. The van der Waals surface area contributed by atoms with E-state index in [0.717, 1.165) is 12.1 Å². The SMILES string of the molecule is CCCCc1ccc(NC(=S)NNC(=O)c2ccc(Cl)c(Cl)c2)cc1. The van der Waals surface area contributed by atoms with Crippen LogP contribution in [-0.2, 0) is 6.42 Å². The first kappa shape index (κ1) is 19.5. The summed E-state index contributed by atoms with van der Waals surface area (Å²) in [7, 11) is 0. The number of hydrazine groups is 1. The van der Waals surface area contributed by atoms with Crippen molar-refractivity contribution in [3.63, 3.8) is 0 Å². The molecular weight excluding hydrogens is 377 g/mol. The molecule has 0 saturated carbocycles. The van der Waals surface area contributed by atoms with Crippen LogP contribution in [-0.4, -0.2) is 11.0 Å². The molecule has 2 aromatic rings. The number of hydrogen-bond donors (Lipinski definition) is 3. The van der Waals surface area contributed by atoms with Gasteiger partial charge >= 0.3 is 0 Å². The van der Waals surface area contributed by atoms with Gasteiger partial charge in [-0.1, -0.05) is 48.7 Å². The molecule has 0 fully saturated rings. The quantitative estimate of drug-likeness (QED) is 0.494. The van der Waals surface area contributed by atoms with E-state index in [4.69, 9.17) is 35.4 Å². The average molecular weight is 396 g/mol. The second-order valence-electron chi connectivity index (χ2n) is 5.46. The number of unbranched alkanes of at least 4 members (excludes halogenated alkanes) is 1. The molecule has 0 radical (unpaired) electrons. The summed E-state index contributed by atoms with van der Waals surface area (Å²) in [5, 5.41) is 4.01. The van der Waals surface area contributed by atoms with Crippen LogP contribution in [0.1, 0.15) is 35.7 Å². The Hall–Kier alpha value is -1.82. The summed E-state index contributed by atoms with van der Waals surface area (Å²) in [6.45, 7) is 2.17. The van der Waals surface area contributed by atoms with E-state index in [1.807, 2.05) is 12.1 Å². The van der Waals surface area contributed by atoms with Crippen molar-refractivity contribution >= 4 is 52.1 Å². The van der Waals surface area contributed by atoms with Crippen LogP contribution >= 0.6 is 35.4 Å². The molecular formula is C18H19Cl2N3OS. The molecule has 0 unspecified atom stereocenters. The Morgan fingerprint density at radius 2 is 1.76 bits per heavy atom. The van der Waals surface area contributed by atoms with Crippen molar-refractivity contribution in [2.45, 2.75) is 26.2 Å². The summed E-state index contributed by atoms with van der Waals surface area (Å²) in [6.07, 6.45) is 3.42. The zero-order chi connectivity index (χ0) is 18.2. The molecule has 0 aromatic heterocycles. The summed E-state index contributed by atoms with van der Waals surface area (Å²) < 4.78 is 0. The van der Waals surface area contributed by atoms with Gasteiger partial charge in [-0.15, -0.1) is 0 Å². The second-order valence-corrected chi connectivity index (χ2v) is 6.69. The van der Waals surface area contributed by atoms with Crippen LogP contribution in [0.5, 0.6) is 0 Å². The molecule has 0 spiro atoms. The van der Waals surface area contributed by atoms with Gasteiger partial charge in [0.25, 0.3) is 5.91 Å². The largest absolute Gasteiger partial charge is 0.331 e. The molecule has 0 atom stereocenters. The monoisotopic (exact) mass is 395 g/mol. The van der Waals surface area contributed by atoms with Crippen LogP contribution in [0.4, 0.5) is 5.69 Å². The molecule has 0 heterocycles. The van der Waals surface area contributed by atoms with Crippen molar-refractivity contribution < 1.29 is 4.79 Å². The van der Waals surface area contributed by atoms with Gasteiger partial charge in [-0.3, -0.25) is 15.6 Å². The summed E-state index contributed by atoms with van der Waals surface area (Å²) in [5.74, 6) is -0.363. The third kappa shape index (κ3) is 6.20. The number of hydrogen-bond acceptors (Lipinski definition) is 2. The van der Waals surface area contributed by atoms with Gasteiger partial charge in [0, 0.05) is 11.3 Å². The van der Waals surface area contributed by atoms with E-state index in [0.29, 0.717) is 15.6 Å². The molecule has 0 saturated heterocycles. The van der Waals surface area contributed by atoms with Gasteiger partial charge in [0.05, 0.1) is 10.0 Å². The number of benzene rings is 2. The van der Waals surface area contributed by atoms with Crippen molar-refractivity contribution in [3.05, 3.63) is 63.6 Å². The Morgan fingerprint density at radius 1 is 1.04 bits per heavy atom. The van der Waals surface area contributed by atoms with Crippen LogP contribution < -0.4 is 16.2 Å². The zero-order valence-electron chi connectivity index (χ0n) is 13.7. The van der Waals surface area contributed by atoms with E-state index in [-0.39, 0.29) is 11.0 Å². The lowest BCUT2D eigenvalue weighted by Crippen LogP contribution is -2.43. The van der Waals surface area contributed by atoms with E-state index < -0.39 is 0 Å². The Balaban J connectivity index is 1.83. The van der Waals surface area contributed by atoms with Gasteiger partial charge in [0.1, 0.15) is 0 Å². The Bertz CT molecular complexity index is 750. The van der Waals surface area contributed by atoms with Gasteiger partial charge in [-0.05, 0) is 61.0 Å². The highest BCUT2D eigenvalue weighted by Gasteiger charge is 2.08. The molecule has 0 aliphatic heterocycles. The summed E-state index contributed by atoms with van der Waals surface area (Å²) >= 11 is 16.9. The van der Waals surface area contributed by atoms with Crippen LogP contribution in [0.15, 0.2) is 42.5 Å². The number of halogens is 2. The standard InChI is InChI=1S/C18H19Cl2N3OS/c1-2-3-4-12-5-8-14(9-6-12)21-18(25)23-22-17(24)13-7-10-15(19)16(20)11-13/h5-11H,2-4H2,1H3,(H,22,24)(H2,21,23,25). The first-order valence-electron chi connectivity index (χ1n) is 7.91. The fraction of sp³-hybridized carbons (Fsp3) is 0.222. The summed E-state index contributed by atoms with van der Waals surface area (Å²) in [5.41, 5.74) is 7.69. The molecule has 0 aliphatic rings. The molecule has 132 valence electrons. The van der Waals surface area contributed by atoms with Crippen LogP contribution in [0.25, 0.3) is 0 Å². The predicted octanol–water partition coefficient (Wildman–Crippen LogP) is 4.97. The van der Waals surface area contributed by atoms with E-state index in [9.17, 15) is 4.79 Å². The van der Waals surface area contributed by atoms with Gasteiger partial charge in [0.2, 0.25) is 0 Å². The summed E-state index contributed by atoms with van der Waals surface area (Å²) in [4.78, 5) is 12.0. The molecule has 25 heavy (non-hydrogen) atoms. The van der Waals surface area contributed by atoms with Crippen LogP contribution in [0.2, 0.25) is 10.0 Å². The normalized spacial score (nSPS) is 10.2. The lowest BCUT2D eigenvalue weighted by molar-refractivity contribution is 0.0944. The Morgan fingerprint density at radius 3 is 2.40 bits per heavy atom. The second kappa shape index (κ2) is 9.61. The first-order valence-corrected chi connectivity index (χ1v) is 9.07. The van der Waals surface area contributed by atoms with E-state index in [2.05, 4.69) is 35.2 Å². The number of carbonyl (C=O) groups excluding carboxylic acids is 1. The number of amides is 1. The fourth-order valence-corrected chi connectivity index (χ4v) is 2.59. The van der Waals surface area contributed by atoms with Crippen LogP contribution in [0, 0.1) is 0 Å². The molecule has 3 N–H and O–H groups in total. The highest BCUT2D eigenvalue weighted by molar-refractivity contribution is 7.80. The minimum Gasteiger partial charge on any atom is -0.331 e. The van der Waals surface area contributed by atoms with E-state index in [1.54, 1.807) is 12.1 Å². The molecule has 7 heteroatoms. The summed E-state index contributed by atoms with van der Waals surface area (Å²) in [6, 6.07) is 12.7. The lowest BCUT2D eigenvalue weighted by Gasteiger charge is -2.12. The van der Waals surface area contributed by atoms with Gasteiger partial charge in [-0.25, -0.2) is 0 Å². The third-order valence-corrected chi connectivity index (χ3v) is 4.45. The van der Waals surface area contributed by atoms with Crippen molar-refractivity contribution in [3.8, 4) is 0 Å². The Labute approximate surface area is 162 Å². The molecule has 4 nitrogen and oxygen atoms in total. The average Bonchev–Trinajstić information content (AvgIpc) is 2.61. The van der Waals surface area contributed by atoms with Gasteiger partial charge < -0.3 is 5.32 Å². The van der Waals surface area contributed by atoms with E-state index in [1.165, 1.54) is 24.5 Å². The maximum Gasteiger partial charge on any atom is 0.269 e. The van der Waals surface area contributed by atoms with Gasteiger partial charge in [0.15, 0.2) is 5.11 Å². The number of aryl methyl sites for hydroxylation is 1. The number of carbonyl (C=O) groups is 1. The number of rotatable bonds is 5. The van der Waals surface area contributed by atoms with E-state index >= 15 is 0 Å². The molecule has 0 aliphatic carbocycles. The van der Waals surface area contributed by atoms with Crippen molar-refractivity contribution in [1.82, 2.24) is 10.9 Å². The maximum absolute atomic E-state index is 12.0. The third-order valence-electron chi connectivity index (χ3n) is 3.50. The molecule has 0 bridgehead atoms. The predicted molar refractivity (Wildman–Crippen MR) is 108 cm³/mol. The smallest absolute Gasteiger partial charge is 0.269 e. The van der Waals surface area contributed by atoms with Crippen molar-refractivity contribution in [1.29, 1.82) is 0 Å². The minimum absolute atomic E-state index is 0.287. The number of anilines is 1. The van der Waals surface area contributed by atoms with Crippen LogP contribution in [0.3, 0.4) is 0 Å². The zero-order valence-corrected chi connectivity index (χ0v) is 16.1. The van der Waals surface area contributed by atoms with Crippen molar-refractivity contribution in [2.24, 2.45) is 0 Å². The minimum atomic E-state index is -0.363. The fourth-order valence-electron chi connectivity index (χ4n) is 2.12. The van der Waals surface area contributed by atoms with Crippen molar-refractivity contribution in [2.75, 3.05) is 5.32 Å². The molecule has 2 rings (SSSR count). The molecule has 2 aromatic carbocycles. The number of thiocarbonyl (C=S) groups is 1. The maximum atomic E-state index is 12.0. The number of nitrogens with one attached hydrogen (secondary N) is 3. The topological polar surface area (TPSA) is 53.2 Å². The highest BCUT2D eigenvalue weighted by Crippen LogP contribution is 2.22. The highest BCUT2D eigenvalue weighted by atomic mass is 35.5. The lowest BCUT2D eigenvalue weighted by atomic mass is 10.1.